The van der Waals surface area contributed by atoms with E-state index >= 15 is 0 Å². The summed E-state index contributed by atoms with van der Waals surface area (Å²) in [5.41, 5.74) is 2.24. The predicted molar refractivity (Wildman–Crippen MR) is 74.4 cm³/mol. The van der Waals surface area contributed by atoms with Crippen molar-refractivity contribution in [3.05, 3.63) is 53.6 Å². The van der Waals surface area contributed by atoms with Gasteiger partial charge in [-0.2, -0.15) is 0 Å². The Kier molecular flexibility index (Phi) is 3.78. The van der Waals surface area contributed by atoms with E-state index in [1.807, 2.05) is 12.1 Å². The third-order valence-electron chi connectivity index (χ3n) is 2.76. The summed E-state index contributed by atoms with van der Waals surface area (Å²) in [4.78, 5) is 11.3. The van der Waals surface area contributed by atoms with Crippen molar-refractivity contribution in [2.45, 2.75) is 13.8 Å². The molecular weight excluding hydrogens is 224 g/mol. The molecule has 0 radical (unpaired) electrons. The molecule has 0 aliphatic carbocycles. The van der Waals surface area contributed by atoms with E-state index in [1.54, 1.807) is 13.0 Å². The minimum Gasteiger partial charge on any atom is -0.463 e. The maximum atomic E-state index is 11.3. The summed E-state index contributed by atoms with van der Waals surface area (Å²) in [6, 6.07) is 12.4. The summed E-state index contributed by atoms with van der Waals surface area (Å²) >= 11 is 0. The number of hydrogen-bond acceptors (Lipinski definition) is 2. The molecule has 0 amide bonds. The molecule has 0 aliphatic rings. The summed E-state index contributed by atoms with van der Waals surface area (Å²) < 4.78 is 4.87. The van der Waals surface area contributed by atoms with Crippen molar-refractivity contribution in [1.29, 1.82) is 0 Å². The topological polar surface area (TPSA) is 26.3 Å². The van der Waals surface area contributed by atoms with Crippen LogP contribution in [0.15, 0.2) is 42.5 Å². The van der Waals surface area contributed by atoms with Crippen LogP contribution in [0, 0.1) is 6.92 Å². The molecule has 2 aromatic rings. The first-order chi connectivity index (χ1) is 8.70. The molecule has 0 N–H and O–H groups in total. The number of esters is 1. The zero-order chi connectivity index (χ0) is 13.0. The highest BCUT2D eigenvalue weighted by molar-refractivity contribution is 5.95. The van der Waals surface area contributed by atoms with E-state index in [0.717, 1.165) is 10.9 Å². The third-order valence-corrected chi connectivity index (χ3v) is 2.76. The van der Waals surface area contributed by atoms with Gasteiger partial charge >= 0.3 is 5.97 Å². The van der Waals surface area contributed by atoms with E-state index in [2.05, 4.69) is 31.2 Å². The summed E-state index contributed by atoms with van der Waals surface area (Å²) in [5.74, 6) is -0.304. The van der Waals surface area contributed by atoms with Crippen molar-refractivity contribution >= 4 is 22.8 Å². The van der Waals surface area contributed by atoms with Crippen molar-refractivity contribution < 1.29 is 9.53 Å². The van der Waals surface area contributed by atoms with Gasteiger partial charge in [-0.05, 0) is 36.3 Å². The maximum Gasteiger partial charge on any atom is 0.330 e. The van der Waals surface area contributed by atoms with Gasteiger partial charge in [0.15, 0.2) is 0 Å². The van der Waals surface area contributed by atoms with Crippen LogP contribution in [0.2, 0.25) is 0 Å². The van der Waals surface area contributed by atoms with E-state index in [1.165, 1.54) is 17.0 Å². The number of rotatable bonds is 3. The van der Waals surface area contributed by atoms with Crippen molar-refractivity contribution in [2.75, 3.05) is 6.61 Å². The lowest BCUT2D eigenvalue weighted by molar-refractivity contribution is -0.137. The van der Waals surface area contributed by atoms with Gasteiger partial charge in [-0.1, -0.05) is 42.0 Å². The highest BCUT2D eigenvalue weighted by Gasteiger charge is 1.99. The highest BCUT2D eigenvalue weighted by Crippen LogP contribution is 2.21. The standard InChI is InChI=1S/C16H16O2/c1-3-18-16(17)10-9-14-6-4-5-13-8-7-12(2)11-15(13)14/h4-11H,3H2,1-2H3/b10-9+. The van der Waals surface area contributed by atoms with Crippen LogP contribution in [0.25, 0.3) is 16.8 Å². The zero-order valence-electron chi connectivity index (χ0n) is 10.6. The van der Waals surface area contributed by atoms with E-state index in [0.29, 0.717) is 6.61 Å². The average Bonchev–Trinajstić information content (AvgIpc) is 2.36. The summed E-state index contributed by atoms with van der Waals surface area (Å²) in [7, 11) is 0. The van der Waals surface area contributed by atoms with Crippen LogP contribution in [0.5, 0.6) is 0 Å². The first-order valence-corrected chi connectivity index (χ1v) is 6.05. The van der Waals surface area contributed by atoms with E-state index < -0.39 is 0 Å². The molecule has 92 valence electrons. The Bertz CT molecular complexity index is 597. The average molecular weight is 240 g/mol. The van der Waals surface area contributed by atoms with Gasteiger partial charge in [-0.3, -0.25) is 0 Å². The lowest BCUT2D eigenvalue weighted by Gasteiger charge is -2.03. The molecule has 0 aliphatic heterocycles. The fraction of sp³-hybridized carbons (Fsp3) is 0.188. The normalized spacial score (nSPS) is 11.0. The van der Waals surface area contributed by atoms with Gasteiger partial charge in [0.2, 0.25) is 0 Å². The van der Waals surface area contributed by atoms with Crippen LogP contribution >= 0.6 is 0 Å². The lowest BCUT2D eigenvalue weighted by atomic mass is 10.0. The van der Waals surface area contributed by atoms with Crippen LogP contribution in [0.3, 0.4) is 0 Å². The van der Waals surface area contributed by atoms with Gasteiger partial charge in [0.1, 0.15) is 0 Å². The number of hydrogen-bond donors (Lipinski definition) is 0. The summed E-state index contributed by atoms with van der Waals surface area (Å²) in [6.45, 7) is 4.26. The Balaban J connectivity index is 2.38. The van der Waals surface area contributed by atoms with Gasteiger partial charge in [0.05, 0.1) is 6.61 Å². The molecular formula is C16H16O2. The first kappa shape index (κ1) is 12.4. The molecule has 0 spiro atoms. The smallest absolute Gasteiger partial charge is 0.330 e. The molecule has 0 heterocycles. The predicted octanol–water partition coefficient (Wildman–Crippen LogP) is 3.72. The lowest BCUT2D eigenvalue weighted by Crippen LogP contribution is -1.98. The molecule has 0 saturated heterocycles. The fourth-order valence-corrected chi connectivity index (χ4v) is 1.90. The van der Waals surface area contributed by atoms with Crippen LogP contribution in [-0.2, 0) is 9.53 Å². The van der Waals surface area contributed by atoms with Crippen LogP contribution in [0.1, 0.15) is 18.1 Å². The zero-order valence-corrected chi connectivity index (χ0v) is 10.6. The molecule has 0 saturated carbocycles. The Labute approximate surface area is 107 Å². The first-order valence-electron chi connectivity index (χ1n) is 6.05. The van der Waals surface area contributed by atoms with Gasteiger partial charge in [0.25, 0.3) is 0 Å². The van der Waals surface area contributed by atoms with Crippen molar-refractivity contribution in [1.82, 2.24) is 0 Å². The van der Waals surface area contributed by atoms with Gasteiger partial charge in [-0.15, -0.1) is 0 Å². The number of carbonyl (C=O) groups is 1. The molecule has 0 unspecified atom stereocenters. The molecule has 0 fully saturated rings. The number of benzene rings is 2. The second-order valence-corrected chi connectivity index (χ2v) is 4.16. The number of carbonyl (C=O) groups excluding carboxylic acids is 1. The monoisotopic (exact) mass is 240 g/mol. The Morgan fingerprint density at radius 3 is 2.89 bits per heavy atom. The Morgan fingerprint density at radius 2 is 2.11 bits per heavy atom. The Hall–Kier alpha value is -2.09. The summed E-state index contributed by atoms with van der Waals surface area (Å²) in [5, 5.41) is 2.32. The van der Waals surface area contributed by atoms with Gasteiger partial charge in [0, 0.05) is 6.08 Å². The highest BCUT2D eigenvalue weighted by atomic mass is 16.5. The third kappa shape index (κ3) is 2.77. The van der Waals surface area contributed by atoms with Crippen LogP contribution in [-0.4, -0.2) is 12.6 Å². The minimum atomic E-state index is -0.304. The minimum absolute atomic E-state index is 0.304. The number of aryl methyl sites for hydroxylation is 1. The molecule has 0 aromatic heterocycles. The second kappa shape index (κ2) is 5.50. The van der Waals surface area contributed by atoms with E-state index in [9.17, 15) is 4.79 Å². The van der Waals surface area contributed by atoms with Crippen LogP contribution in [0.4, 0.5) is 0 Å². The quantitative estimate of drug-likeness (QED) is 0.603. The van der Waals surface area contributed by atoms with Gasteiger partial charge in [-0.25, -0.2) is 4.79 Å². The molecule has 2 heteroatoms. The van der Waals surface area contributed by atoms with E-state index in [-0.39, 0.29) is 5.97 Å². The fourth-order valence-electron chi connectivity index (χ4n) is 1.90. The van der Waals surface area contributed by atoms with Gasteiger partial charge < -0.3 is 4.74 Å². The summed E-state index contributed by atoms with van der Waals surface area (Å²) in [6.07, 6.45) is 3.28. The SMILES string of the molecule is CCOC(=O)/C=C/c1cccc2ccc(C)cc12. The van der Waals surface area contributed by atoms with Crippen molar-refractivity contribution in [2.24, 2.45) is 0 Å². The molecule has 2 aromatic carbocycles. The molecule has 0 bridgehead atoms. The molecule has 18 heavy (non-hydrogen) atoms. The largest absolute Gasteiger partial charge is 0.463 e. The molecule has 0 atom stereocenters. The maximum absolute atomic E-state index is 11.3. The van der Waals surface area contributed by atoms with E-state index in [4.69, 9.17) is 4.74 Å². The van der Waals surface area contributed by atoms with Crippen molar-refractivity contribution in [3.63, 3.8) is 0 Å². The second-order valence-electron chi connectivity index (χ2n) is 4.16. The molecule has 2 rings (SSSR count). The molecule has 2 nitrogen and oxygen atoms in total. The van der Waals surface area contributed by atoms with Crippen molar-refractivity contribution in [3.8, 4) is 0 Å². The number of fused-ring (bicyclic) bond motifs is 1. The van der Waals surface area contributed by atoms with Crippen LogP contribution < -0.4 is 0 Å². The number of ether oxygens (including phenoxy) is 1. The Morgan fingerprint density at radius 1 is 1.28 bits per heavy atom.